The van der Waals surface area contributed by atoms with Gasteiger partial charge in [-0.05, 0) is 24.5 Å². The number of benzene rings is 1. The molecule has 3 N–H and O–H groups in total. The van der Waals surface area contributed by atoms with Gasteiger partial charge in [-0.2, -0.15) is 0 Å². The van der Waals surface area contributed by atoms with Crippen LogP contribution in [-0.2, 0) is 4.79 Å². The van der Waals surface area contributed by atoms with Gasteiger partial charge < -0.3 is 15.5 Å². The van der Waals surface area contributed by atoms with E-state index in [9.17, 15) is 9.59 Å². The molecule has 120 valence electrons. The minimum atomic E-state index is -0.431. The van der Waals surface area contributed by atoms with Crippen molar-refractivity contribution < 1.29 is 9.59 Å². The number of para-hydroxylation sites is 2. The number of rotatable bonds is 4. The predicted molar refractivity (Wildman–Crippen MR) is 88.1 cm³/mol. The van der Waals surface area contributed by atoms with Crippen LogP contribution in [0.15, 0.2) is 24.3 Å². The minimum Gasteiger partial charge on any atom is -0.383 e. The molecule has 0 bridgehead atoms. The Bertz CT molecular complexity index is 531. The van der Waals surface area contributed by atoms with Crippen LogP contribution in [0.3, 0.4) is 0 Å². The molecule has 6 heteroatoms. The fourth-order valence-electron chi connectivity index (χ4n) is 2.36. The Labute approximate surface area is 131 Å². The number of nitrogens with one attached hydrogen (secondary N) is 3. The Hall–Kier alpha value is -2.24. The molecule has 0 aromatic heterocycles. The van der Waals surface area contributed by atoms with Crippen LogP contribution >= 0.6 is 0 Å². The zero-order valence-corrected chi connectivity index (χ0v) is 13.2. The second-order valence-corrected chi connectivity index (χ2v) is 5.87. The fraction of sp³-hybridized carbons (Fsp3) is 0.500. The average molecular weight is 304 g/mol. The van der Waals surface area contributed by atoms with E-state index in [1.807, 2.05) is 43.0 Å². The van der Waals surface area contributed by atoms with Crippen LogP contribution in [-0.4, -0.2) is 38.1 Å². The lowest BCUT2D eigenvalue weighted by Crippen LogP contribution is -2.45. The number of nitrogens with zero attached hydrogens (tertiary/aromatic N) is 1. The van der Waals surface area contributed by atoms with E-state index in [0.717, 1.165) is 30.9 Å². The van der Waals surface area contributed by atoms with Crippen molar-refractivity contribution >= 4 is 23.3 Å². The summed E-state index contributed by atoms with van der Waals surface area (Å²) in [5.74, 6) is 0.0577. The number of imide groups is 1. The van der Waals surface area contributed by atoms with E-state index in [0.29, 0.717) is 12.5 Å². The van der Waals surface area contributed by atoms with Crippen molar-refractivity contribution in [1.82, 2.24) is 10.6 Å². The fourth-order valence-corrected chi connectivity index (χ4v) is 2.36. The van der Waals surface area contributed by atoms with Crippen LogP contribution in [0.1, 0.15) is 20.3 Å². The molecule has 0 saturated heterocycles. The van der Waals surface area contributed by atoms with Crippen molar-refractivity contribution in [3.63, 3.8) is 0 Å². The molecule has 0 aliphatic carbocycles. The Morgan fingerprint density at radius 1 is 1.32 bits per heavy atom. The smallest absolute Gasteiger partial charge is 0.321 e. The van der Waals surface area contributed by atoms with E-state index in [2.05, 4.69) is 16.0 Å². The van der Waals surface area contributed by atoms with Crippen molar-refractivity contribution in [3.05, 3.63) is 24.3 Å². The van der Waals surface area contributed by atoms with Gasteiger partial charge in [0.2, 0.25) is 5.91 Å². The lowest BCUT2D eigenvalue weighted by atomic mass is 10.2. The summed E-state index contributed by atoms with van der Waals surface area (Å²) in [5, 5.41) is 8.41. The highest BCUT2D eigenvalue weighted by Crippen LogP contribution is 2.27. The van der Waals surface area contributed by atoms with Gasteiger partial charge in [0.1, 0.15) is 0 Å². The number of anilines is 2. The third-order valence-corrected chi connectivity index (χ3v) is 3.42. The first-order valence-electron chi connectivity index (χ1n) is 7.72. The largest absolute Gasteiger partial charge is 0.383 e. The lowest BCUT2D eigenvalue weighted by Gasteiger charge is -2.23. The normalized spacial score (nSPS) is 13.9. The number of carbonyl (C=O) groups excluding carboxylic acids is 2. The summed E-state index contributed by atoms with van der Waals surface area (Å²) in [4.78, 5) is 25.7. The van der Waals surface area contributed by atoms with Crippen molar-refractivity contribution in [3.8, 4) is 0 Å². The van der Waals surface area contributed by atoms with Crippen LogP contribution < -0.4 is 20.9 Å². The van der Waals surface area contributed by atoms with E-state index >= 15 is 0 Å². The highest BCUT2D eigenvalue weighted by Gasteiger charge is 2.18. The Balaban J connectivity index is 1.92. The first kappa shape index (κ1) is 16.1. The number of hydrogen-bond donors (Lipinski definition) is 3. The van der Waals surface area contributed by atoms with Crippen LogP contribution in [0, 0.1) is 5.92 Å². The first-order chi connectivity index (χ1) is 10.6. The van der Waals surface area contributed by atoms with Crippen molar-refractivity contribution in [1.29, 1.82) is 0 Å². The minimum absolute atomic E-state index is 0.174. The summed E-state index contributed by atoms with van der Waals surface area (Å²) in [5.41, 5.74) is 2.02. The zero-order valence-electron chi connectivity index (χ0n) is 13.2. The Morgan fingerprint density at radius 2 is 2.09 bits per heavy atom. The van der Waals surface area contributed by atoms with E-state index in [1.165, 1.54) is 0 Å². The molecule has 0 unspecified atom stereocenters. The highest BCUT2D eigenvalue weighted by atomic mass is 16.2. The lowest BCUT2D eigenvalue weighted by molar-refractivity contribution is -0.118. The maximum Gasteiger partial charge on any atom is 0.321 e. The topological polar surface area (TPSA) is 73.5 Å². The number of hydrogen-bond acceptors (Lipinski definition) is 4. The Kier molecular flexibility index (Phi) is 5.63. The van der Waals surface area contributed by atoms with Crippen molar-refractivity contribution in [2.75, 3.05) is 36.4 Å². The Morgan fingerprint density at radius 3 is 2.86 bits per heavy atom. The molecule has 6 nitrogen and oxygen atoms in total. The summed E-state index contributed by atoms with van der Waals surface area (Å²) in [7, 11) is 0. The number of amides is 3. The molecular formula is C16H24N4O2. The van der Waals surface area contributed by atoms with Crippen LogP contribution in [0.25, 0.3) is 0 Å². The third-order valence-electron chi connectivity index (χ3n) is 3.42. The predicted octanol–water partition coefficient (Wildman–Crippen LogP) is 1.79. The summed E-state index contributed by atoms with van der Waals surface area (Å²) in [6, 6.07) is 7.47. The molecule has 1 aliphatic heterocycles. The van der Waals surface area contributed by atoms with Gasteiger partial charge in [-0.25, -0.2) is 4.79 Å². The van der Waals surface area contributed by atoms with Gasteiger partial charge in [0.05, 0.1) is 17.9 Å². The quantitative estimate of drug-likeness (QED) is 0.793. The third kappa shape index (κ3) is 4.65. The SMILES string of the molecule is CC(C)CNC(=O)NC(=O)CN1CCCNc2ccccc21. The molecule has 3 amide bonds. The van der Waals surface area contributed by atoms with E-state index in [-0.39, 0.29) is 12.5 Å². The molecule has 1 aliphatic rings. The summed E-state index contributed by atoms with van der Waals surface area (Å²) < 4.78 is 0. The molecule has 2 rings (SSSR count). The molecule has 0 spiro atoms. The molecule has 1 heterocycles. The maximum absolute atomic E-state index is 12.1. The van der Waals surface area contributed by atoms with Gasteiger partial charge >= 0.3 is 6.03 Å². The van der Waals surface area contributed by atoms with Gasteiger partial charge in [-0.1, -0.05) is 26.0 Å². The number of fused-ring (bicyclic) bond motifs is 1. The molecule has 0 atom stereocenters. The summed E-state index contributed by atoms with van der Waals surface area (Å²) in [6.07, 6.45) is 0.946. The van der Waals surface area contributed by atoms with Crippen LogP contribution in [0.2, 0.25) is 0 Å². The zero-order chi connectivity index (χ0) is 15.9. The molecule has 1 aromatic carbocycles. The van der Waals surface area contributed by atoms with Crippen LogP contribution in [0.5, 0.6) is 0 Å². The molecule has 1 aromatic rings. The van der Waals surface area contributed by atoms with Gasteiger partial charge in [-0.15, -0.1) is 0 Å². The second kappa shape index (κ2) is 7.68. The number of urea groups is 1. The van der Waals surface area contributed by atoms with Gasteiger partial charge in [0, 0.05) is 19.6 Å². The number of carbonyl (C=O) groups is 2. The van der Waals surface area contributed by atoms with E-state index < -0.39 is 6.03 Å². The highest BCUT2D eigenvalue weighted by molar-refractivity contribution is 5.96. The average Bonchev–Trinajstić information content (AvgIpc) is 2.68. The van der Waals surface area contributed by atoms with Crippen molar-refractivity contribution in [2.45, 2.75) is 20.3 Å². The summed E-state index contributed by atoms with van der Waals surface area (Å²) >= 11 is 0. The standard InChI is InChI=1S/C16H24N4O2/c1-12(2)10-18-16(22)19-15(21)11-20-9-5-8-17-13-6-3-4-7-14(13)20/h3-4,6-7,12,17H,5,8-11H2,1-2H3,(H2,18,19,21,22). The molecule has 0 fully saturated rings. The summed E-state index contributed by atoms with van der Waals surface area (Å²) in [6.45, 7) is 6.39. The van der Waals surface area contributed by atoms with E-state index in [1.54, 1.807) is 0 Å². The van der Waals surface area contributed by atoms with Gasteiger partial charge in [-0.3, -0.25) is 10.1 Å². The second-order valence-electron chi connectivity index (χ2n) is 5.87. The molecule has 0 saturated carbocycles. The van der Waals surface area contributed by atoms with Gasteiger partial charge in [0.15, 0.2) is 0 Å². The van der Waals surface area contributed by atoms with E-state index in [4.69, 9.17) is 0 Å². The van der Waals surface area contributed by atoms with Crippen LogP contribution in [0.4, 0.5) is 16.2 Å². The molecule has 0 radical (unpaired) electrons. The molecule has 22 heavy (non-hydrogen) atoms. The van der Waals surface area contributed by atoms with Gasteiger partial charge in [0.25, 0.3) is 0 Å². The molecular weight excluding hydrogens is 280 g/mol. The first-order valence-corrected chi connectivity index (χ1v) is 7.72. The monoisotopic (exact) mass is 304 g/mol. The maximum atomic E-state index is 12.1. The van der Waals surface area contributed by atoms with Crippen molar-refractivity contribution in [2.24, 2.45) is 5.92 Å².